The zero-order valence-electron chi connectivity index (χ0n) is 12.4. The highest BCUT2D eigenvalue weighted by atomic mass is 16.6. The fourth-order valence-corrected chi connectivity index (χ4v) is 1.53. The standard InChI is InChI=1S/C15H21NO4/c1-15(2,3)20-14(18)10-16-12-7-5-11(6-8-12)9-13(17)19-4/h5-8,16H,9-10H2,1-4H3. The Kier molecular flexibility index (Phi) is 5.55. The highest BCUT2D eigenvalue weighted by molar-refractivity contribution is 5.75. The van der Waals surface area contributed by atoms with E-state index in [1.54, 1.807) is 0 Å². The molecule has 0 heterocycles. The van der Waals surface area contributed by atoms with Gasteiger partial charge >= 0.3 is 11.9 Å². The zero-order valence-corrected chi connectivity index (χ0v) is 12.4. The predicted octanol–water partition coefficient (Wildman–Crippen LogP) is 2.16. The van der Waals surface area contributed by atoms with Crippen molar-refractivity contribution in [2.75, 3.05) is 19.0 Å². The number of hydrogen-bond acceptors (Lipinski definition) is 5. The summed E-state index contributed by atoms with van der Waals surface area (Å²) in [6, 6.07) is 7.24. The Hall–Kier alpha value is -2.04. The van der Waals surface area contributed by atoms with Gasteiger partial charge in [-0.15, -0.1) is 0 Å². The van der Waals surface area contributed by atoms with Crippen molar-refractivity contribution in [1.82, 2.24) is 0 Å². The number of methoxy groups -OCH3 is 1. The Balaban J connectivity index is 2.46. The van der Waals surface area contributed by atoms with Crippen LogP contribution in [0.3, 0.4) is 0 Å². The Morgan fingerprint density at radius 1 is 1.10 bits per heavy atom. The quantitative estimate of drug-likeness (QED) is 0.837. The molecule has 0 saturated heterocycles. The van der Waals surface area contributed by atoms with Gasteiger partial charge in [0.1, 0.15) is 12.1 Å². The largest absolute Gasteiger partial charge is 0.469 e. The lowest BCUT2D eigenvalue weighted by Gasteiger charge is -2.19. The van der Waals surface area contributed by atoms with E-state index in [4.69, 9.17) is 4.74 Å². The summed E-state index contributed by atoms with van der Waals surface area (Å²) in [4.78, 5) is 22.7. The van der Waals surface area contributed by atoms with Gasteiger partial charge in [0.05, 0.1) is 13.5 Å². The molecule has 1 aromatic rings. The van der Waals surface area contributed by atoms with Crippen molar-refractivity contribution < 1.29 is 19.1 Å². The minimum absolute atomic E-state index is 0.105. The van der Waals surface area contributed by atoms with E-state index in [-0.39, 0.29) is 24.9 Å². The fourth-order valence-electron chi connectivity index (χ4n) is 1.53. The van der Waals surface area contributed by atoms with E-state index < -0.39 is 5.60 Å². The molecule has 0 bridgehead atoms. The lowest BCUT2D eigenvalue weighted by molar-refractivity contribution is -0.152. The van der Waals surface area contributed by atoms with Gasteiger partial charge in [-0.1, -0.05) is 12.1 Å². The van der Waals surface area contributed by atoms with Gasteiger partial charge in [0.15, 0.2) is 0 Å². The van der Waals surface area contributed by atoms with Gasteiger partial charge in [-0.2, -0.15) is 0 Å². The average molecular weight is 279 g/mol. The second kappa shape index (κ2) is 6.93. The number of anilines is 1. The number of benzene rings is 1. The van der Waals surface area contributed by atoms with Gasteiger partial charge < -0.3 is 14.8 Å². The second-order valence-corrected chi connectivity index (χ2v) is 5.39. The Morgan fingerprint density at radius 2 is 1.70 bits per heavy atom. The third kappa shape index (κ3) is 6.22. The summed E-state index contributed by atoms with van der Waals surface area (Å²) in [6.07, 6.45) is 0.239. The number of carbonyl (C=O) groups excluding carboxylic acids is 2. The maximum atomic E-state index is 11.5. The van der Waals surface area contributed by atoms with Crippen LogP contribution in [-0.2, 0) is 25.5 Å². The van der Waals surface area contributed by atoms with Crippen LogP contribution in [0.4, 0.5) is 5.69 Å². The van der Waals surface area contributed by atoms with Crippen LogP contribution >= 0.6 is 0 Å². The normalized spacial score (nSPS) is 10.8. The average Bonchev–Trinajstić information content (AvgIpc) is 2.36. The molecule has 110 valence electrons. The minimum Gasteiger partial charge on any atom is -0.469 e. The summed E-state index contributed by atoms with van der Waals surface area (Å²) in [6.45, 7) is 5.58. The molecule has 1 aromatic carbocycles. The number of hydrogen-bond donors (Lipinski definition) is 1. The first-order valence-corrected chi connectivity index (χ1v) is 6.41. The van der Waals surface area contributed by atoms with Crippen molar-refractivity contribution in [3.8, 4) is 0 Å². The smallest absolute Gasteiger partial charge is 0.325 e. The van der Waals surface area contributed by atoms with Crippen LogP contribution in [0.2, 0.25) is 0 Å². The number of ether oxygens (including phenoxy) is 2. The molecule has 5 heteroatoms. The van der Waals surface area contributed by atoms with E-state index in [9.17, 15) is 9.59 Å². The van der Waals surface area contributed by atoms with Gasteiger partial charge in [-0.25, -0.2) is 0 Å². The summed E-state index contributed by atoms with van der Waals surface area (Å²) < 4.78 is 9.78. The molecule has 0 aliphatic carbocycles. The van der Waals surface area contributed by atoms with Crippen LogP contribution < -0.4 is 5.32 Å². The van der Waals surface area contributed by atoms with Crippen molar-refractivity contribution in [3.63, 3.8) is 0 Å². The van der Waals surface area contributed by atoms with Crippen LogP contribution in [-0.4, -0.2) is 31.2 Å². The highest BCUT2D eigenvalue weighted by Gasteiger charge is 2.15. The molecule has 0 fully saturated rings. The molecule has 0 aromatic heterocycles. The first-order chi connectivity index (χ1) is 9.30. The van der Waals surface area contributed by atoms with Gasteiger partial charge in [0.25, 0.3) is 0 Å². The van der Waals surface area contributed by atoms with E-state index >= 15 is 0 Å². The summed E-state index contributed by atoms with van der Waals surface area (Å²) in [7, 11) is 1.36. The minimum atomic E-state index is -0.483. The molecule has 0 saturated carbocycles. The summed E-state index contributed by atoms with van der Waals surface area (Å²) in [5, 5.41) is 2.97. The van der Waals surface area contributed by atoms with E-state index in [1.807, 2.05) is 45.0 Å². The molecule has 1 N–H and O–H groups in total. The van der Waals surface area contributed by atoms with Crippen molar-refractivity contribution in [3.05, 3.63) is 29.8 Å². The SMILES string of the molecule is COC(=O)Cc1ccc(NCC(=O)OC(C)(C)C)cc1. The van der Waals surface area contributed by atoms with E-state index in [0.717, 1.165) is 11.3 Å². The van der Waals surface area contributed by atoms with Gasteiger partial charge in [-0.3, -0.25) is 9.59 Å². The van der Waals surface area contributed by atoms with E-state index in [0.29, 0.717) is 0 Å². The zero-order chi connectivity index (χ0) is 15.2. The molecule has 0 aliphatic heterocycles. The number of esters is 2. The van der Waals surface area contributed by atoms with Crippen LogP contribution in [0.15, 0.2) is 24.3 Å². The lowest BCUT2D eigenvalue weighted by atomic mass is 10.1. The van der Waals surface area contributed by atoms with E-state index in [2.05, 4.69) is 10.1 Å². The van der Waals surface area contributed by atoms with E-state index in [1.165, 1.54) is 7.11 Å². The van der Waals surface area contributed by atoms with Crippen LogP contribution in [0.25, 0.3) is 0 Å². The van der Waals surface area contributed by atoms with Crippen LogP contribution in [0.1, 0.15) is 26.3 Å². The third-order valence-corrected chi connectivity index (χ3v) is 2.39. The van der Waals surface area contributed by atoms with Crippen LogP contribution in [0, 0.1) is 0 Å². The van der Waals surface area contributed by atoms with Crippen molar-refractivity contribution in [2.45, 2.75) is 32.8 Å². The lowest BCUT2D eigenvalue weighted by Crippen LogP contribution is -2.28. The Morgan fingerprint density at radius 3 is 2.20 bits per heavy atom. The molecule has 0 amide bonds. The molecule has 0 aliphatic rings. The first-order valence-electron chi connectivity index (χ1n) is 6.41. The van der Waals surface area contributed by atoms with Crippen molar-refractivity contribution in [1.29, 1.82) is 0 Å². The molecule has 0 spiro atoms. The van der Waals surface area contributed by atoms with Crippen molar-refractivity contribution in [2.24, 2.45) is 0 Å². The fraction of sp³-hybridized carbons (Fsp3) is 0.467. The van der Waals surface area contributed by atoms with Crippen molar-refractivity contribution >= 4 is 17.6 Å². The number of rotatable bonds is 5. The Labute approximate surface area is 119 Å². The van der Waals surface area contributed by atoms with Gasteiger partial charge in [0.2, 0.25) is 0 Å². The van der Waals surface area contributed by atoms with Gasteiger partial charge in [0, 0.05) is 5.69 Å². The molecular weight excluding hydrogens is 258 g/mol. The predicted molar refractivity (Wildman–Crippen MR) is 76.5 cm³/mol. The highest BCUT2D eigenvalue weighted by Crippen LogP contribution is 2.11. The third-order valence-electron chi connectivity index (χ3n) is 2.39. The maximum absolute atomic E-state index is 11.5. The summed E-state index contributed by atoms with van der Waals surface area (Å²) in [5.41, 5.74) is 1.17. The van der Waals surface area contributed by atoms with Crippen LogP contribution in [0.5, 0.6) is 0 Å². The monoisotopic (exact) mass is 279 g/mol. The number of nitrogens with one attached hydrogen (secondary N) is 1. The summed E-state index contributed by atoms with van der Waals surface area (Å²) >= 11 is 0. The molecule has 0 radical (unpaired) electrons. The first kappa shape index (κ1) is 16.0. The molecule has 1 rings (SSSR count). The van der Waals surface area contributed by atoms with Gasteiger partial charge in [-0.05, 0) is 38.5 Å². The molecule has 5 nitrogen and oxygen atoms in total. The number of carbonyl (C=O) groups is 2. The molecular formula is C15H21NO4. The Bertz CT molecular complexity index is 460. The second-order valence-electron chi connectivity index (χ2n) is 5.39. The topological polar surface area (TPSA) is 64.6 Å². The maximum Gasteiger partial charge on any atom is 0.325 e. The summed E-state index contributed by atoms with van der Waals surface area (Å²) in [5.74, 6) is -0.587. The molecule has 20 heavy (non-hydrogen) atoms. The molecule has 0 unspecified atom stereocenters. The molecule has 0 atom stereocenters.